The second kappa shape index (κ2) is 13.0. The monoisotopic (exact) mass is 362 g/mol. The van der Waals surface area contributed by atoms with Crippen molar-refractivity contribution in [1.82, 2.24) is 0 Å². The molecule has 0 aliphatic rings. The minimum absolute atomic E-state index is 0.0788. The van der Waals surface area contributed by atoms with Crippen molar-refractivity contribution in [2.75, 3.05) is 18.1 Å². The van der Waals surface area contributed by atoms with Crippen LogP contribution in [0, 0.1) is 0 Å². The van der Waals surface area contributed by atoms with Gasteiger partial charge in [0.05, 0.1) is 6.61 Å². The molecule has 0 aromatic heterocycles. The number of phosphoric acid groups is 1. The highest BCUT2D eigenvalue weighted by atomic mass is 32.2. The van der Waals surface area contributed by atoms with E-state index in [4.69, 9.17) is 9.79 Å². The van der Waals surface area contributed by atoms with Gasteiger partial charge in [-0.25, -0.2) is 4.57 Å². The Morgan fingerprint density at radius 3 is 2.13 bits per heavy atom. The van der Waals surface area contributed by atoms with Crippen molar-refractivity contribution in [2.45, 2.75) is 53.4 Å². The fraction of sp³-hybridized carbons (Fsp3) is 0.647. The molecule has 0 bridgehead atoms. The lowest BCUT2D eigenvalue weighted by atomic mass is 10.1. The third kappa shape index (κ3) is 17.9. The van der Waals surface area contributed by atoms with Crippen molar-refractivity contribution < 1.29 is 18.9 Å². The van der Waals surface area contributed by atoms with Crippen LogP contribution in [0.4, 0.5) is 0 Å². The average molecular weight is 362 g/mol. The Morgan fingerprint density at radius 1 is 1.00 bits per heavy atom. The van der Waals surface area contributed by atoms with Crippen molar-refractivity contribution in [3.63, 3.8) is 0 Å². The van der Waals surface area contributed by atoms with E-state index in [0.29, 0.717) is 5.75 Å². The van der Waals surface area contributed by atoms with Gasteiger partial charge >= 0.3 is 7.82 Å². The van der Waals surface area contributed by atoms with Crippen LogP contribution in [0.5, 0.6) is 0 Å². The van der Waals surface area contributed by atoms with E-state index in [1.54, 1.807) is 11.8 Å². The summed E-state index contributed by atoms with van der Waals surface area (Å²) >= 11 is 1.61. The molecule has 4 nitrogen and oxygen atoms in total. The number of allylic oxidation sites excluding steroid dienone is 5. The molecule has 0 aromatic carbocycles. The van der Waals surface area contributed by atoms with Crippen LogP contribution in [0.15, 0.2) is 34.9 Å². The molecule has 0 saturated heterocycles. The lowest BCUT2D eigenvalue weighted by Gasteiger charge is -2.04. The van der Waals surface area contributed by atoms with Crippen LogP contribution in [-0.4, -0.2) is 27.9 Å². The third-order valence-electron chi connectivity index (χ3n) is 3.16. The molecular formula is C17H31O4PS. The van der Waals surface area contributed by atoms with Crippen molar-refractivity contribution >= 4 is 19.6 Å². The maximum absolute atomic E-state index is 10.5. The van der Waals surface area contributed by atoms with E-state index in [1.807, 2.05) is 0 Å². The van der Waals surface area contributed by atoms with Gasteiger partial charge in [0.25, 0.3) is 0 Å². The summed E-state index contributed by atoms with van der Waals surface area (Å²) in [6, 6.07) is 0. The zero-order chi connectivity index (χ0) is 17.7. The Hall–Kier alpha value is -0.320. The minimum atomic E-state index is -4.31. The Bertz CT molecular complexity index is 459. The smallest absolute Gasteiger partial charge is 0.303 e. The first-order valence-electron chi connectivity index (χ1n) is 7.93. The molecule has 23 heavy (non-hydrogen) atoms. The standard InChI is InChI=1S/C17H31O4PS/c1-15(2)7-5-8-16(3)9-6-10-17(4)11-13-23-14-12-21-22(18,19)20/h7,9,11H,5-6,8,10,12-14H2,1-4H3,(H2,18,19,20). The summed E-state index contributed by atoms with van der Waals surface area (Å²) in [6.07, 6.45) is 11.1. The highest BCUT2D eigenvalue weighted by Gasteiger charge is 2.12. The average Bonchev–Trinajstić information content (AvgIpc) is 2.41. The summed E-state index contributed by atoms with van der Waals surface area (Å²) in [4.78, 5) is 17.1. The molecule has 6 heteroatoms. The quantitative estimate of drug-likeness (QED) is 0.282. The minimum Gasteiger partial charge on any atom is -0.303 e. The van der Waals surface area contributed by atoms with Crippen molar-refractivity contribution in [3.05, 3.63) is 34.9 Å². The van der Waals surface area contributed by atoms with Crippen LogP contribution in [0.2, 0.25) is 0 Å². The van der Waals surface area contributed by atoms with Gasteiger partial charge < -0.3 is 9.79 Å². The summed E-state index contributed by atoms with van der Waals surface area (Å²) in [6.45, 7) is 8.65. The van der Waals surface area contributed by atoms with E-state index < -0.39 is 7.82 Å². The first-order valence-corrected chi connectivity index (χ1v) is 10.6. The van der Waals surface area contributed by atoms with Crippen LogP contribution in [0.25, 0.3) is 0 Å². The highest BCUT2D eigenvalue weighted by Crippen LogP contribution is 2.35. The molecule has 0 heterocycles. The van der Waals surface area contributed by atoms with Gasteiger partial charge in [-0.15, -0.1) is 0 Å². The van der Waals surface area contributed by atoms with Crippen LogP contribution in [0.1, 0.15) is 53.4 Å². The number of phosphoric ester groups is 1. The second-order valence-corrected chi connectivity index (χ2v) is 8.25. The number of hydrogen-bond acceptors (Lipinski definition) is 3. The summed E-state index contributed by atoms with van der Waals surface area (Å²) < 4.78 is 14.9. The van der Waals surface area contributed by atoms with Gasteiger partial charge in [0.2, 0.25) is 0 Å². The SMILES string of the molecule is CC(C)=CCCC(C)=CCCC(C)=CCSCCOP(=O)(O)O. The largest absolute Gasteiger partial charge is 0.469 e. The molecule has 134 valence electrons. The van der Waals surface area contributed by atoms with Gasteiger partial charge in [-0.1, -0.05) is 34.9 Å². The predicted octanol–water partition coefficient (Wildman–Crippen LogP) is 5.25. The van der Waals surface area contributed by atoms with Crippen LogP contribution < -0.4 is 0 Å². The lowest BCUT2D eigenvalue weighted by Crippen LogP contribution is -1.95. The van der Waals surface area contributed by atoms with Gasteiger partial charge in [0.1, 0.15) is 0 Å². The number of rotatable bonds is 12. The first kappa shape index (κ1) is 22.7. The molecule has 0 fully saturated rings. The first-order chi connectivity index (χ1) is 10.7. The summed E-state index contributed by atoms with van der Waals surface area (Å²) in [7, 11) is -4.31. The molecule has 0 aliphatic heterocycles. The fourth-order valence-electron chi connectivity index (χ4n) is 1.84. The summed E-state index contributed by atoms with van der Waals surface area (Å²) in [5, 5.41) is 0. The molecule has 0 radical (unpaired) electrons. The van der Waals surface area contributed by atoms with E-state index in [-0.39, 0.29) is 6.61 Å². The van der Waals surface area contributed by atoms with Gasteiger partial charge in [-0.2, -0.15) is 11.8 Å². The molecule has 0 atom stereocenters. The molecule has 0 aromatic rings. The maximum atomic E-state index is 10.5. The zero-order valence-electron chi connectivity index (χ0n) is 14.7. The van der Waals surface area contributed by atoms with Crippen LogP contribution in [-0.2, 0) is 9.09 Å². The molecule has 0 amide bonds. The van der Waals surface area contributed by atoms with Crippen LogP contribution >= 0.6 is 19.6 Å². The Kier molecular flexibility index (Phi) is 12.8. The maximum Gasteiger partial charge on any atom is 0.469 e. The third-order valence-corrected chi connectivity index (χ3v) is 4.54. The number of thioether (sulfide) groups is 1. The van der Waals surface area contributed by atoms with Crippen molar-refractivity contribution in [1.29, 1.82) is 0 Å². The van der Waals surface area contributed by atoms with E-state index in [9.17, 15) is 4.57 Å². The zero-order valence-corrected chi connectivity index (χ0v) is 16.5. The van der Waals surface area contributed by atoms with Crippen molar-refractivity contribution in [3.8, 4) is 0 Å². The highest BCUT2D eigenvalue weighted by molar-refractivity contribution is 7.99. The molecular weight excluding hydrogens is 331 g/mol. The van der Waals surface area contributed by atoms with Crippen LogP contribution in [0.3, 0.4) is 0 Å². The van der Waals surface area contributed by atoms with Gasteiger partial charge in [-0.3, -0.25) is 4.52 Å². The number of hydrogen-bond donors (Lipinski definition) is 2. The Morgan fingerprint density at radius 2 is 1.57 bits per heavy atom. The predicted molar refractivity (Wildman–Crippen MR) is 101 cm³/mol. The van der Waals surface area contributed by atoms with E-state index in [2.05, 4.69) is 50.4 Å². The van der Waals surface area contributed by atoms with E-state index in [0.717, 1.165) is 31.4 Å². The molecule has 0 rings (SSSR count). The summed E-state index contributed by atoms with van der Waals surface area (Å²) in [5.74, 6) is 1.43. The Labute approximate surface area is 145 Å². The molecule has 0 saturated carbocycles. The molecule has 0 unspecified atom stereocenters. The van der Waals surface area contributed by atoms with E-state index >= 15 is 0 Å². The van der Waals surface area contributed by atoms with Gasteiger partial charge in [0, 0.05) is 11.5 Å². The second-order valence-electron chi connectivity index (χ2n) is 5.86. The normalized spacial score (nSPS) is 13.3. The molecule has 2 N–H and O–H groups in total. The fourth-order valence-corrected chi connectivity index (χ4v) is 3.06. The van der Waals surface area contributed by atoms with Crippen molar-refractivity contribution in [2.24, 2.45) is 0 Å². The summed E-state index contributed by atoms with van der Waals surface area (Å²) in [5.41, 5.74) is 4.17. The topological polar surface area (TPSA) is 66.8 Å². The van der Waals surface area contributed by atoms with Gasteiger partial charge in [0.15, 0.2) is 0 Å². The van der Waals surface area contributed by atoms with E-state index in [1.165, 1.54) is 16.7 Å². The lowest BCUT2D eigenvalue weighted by molar-refractivity contribution is 0.208. The van der Waals surface area contributed by atoms with Gasteiger partial charge in [-0.05, 0) is 53.4 Å². The Balaban J connectivity index is 3.77. The molecule has 0 aliphatic carbocycles. The molecule has 0 spiro atoms.